The van der Waals surface area contributed by atoms with E-state index >= 15 is 0 Å². The maximum absolute atomic E-state index is 13.3. The molecule has 0 aliphatic rings. The van der Waals surface area contributed by atoms with Gasteiger partial charge in [-0.25, -0.2) is 4.39 Å². The van der Waals surface area contributed by atoms with Crippen LogP contribution in [-0.2, 0) is 0 Å². The Bertz CT molecular complexity index is 311. The maximum Gasteiger partial charge on any atom is 0.342 e. The van der Waals surface area contributed by atoms with E-state index in [4.69, 9.17) is 33.2 Å². The van der Waals surface area contributed by atoms with Crippen LogP contribution in [0, 0.1) is 5.82 Å². The van der Waals surface area contributed by atoms with Crippen molar-refractivity contribution in [2.75, 3.05) is 0 Å². The molecular weight excluding hydrogens is 262 g/mol. The first kappa shape index (κ1) is 12.3. The van der Waals surface area contributed by atoms with E-state index in [0.29, 0.717) is 11.6 Å². The van der Waals surface area contributed by atoms with Crippen LogP contribution in [-0.4, -0.2) is 6.00 Å². The number of hydrogen-bond acceptors (Lipinski definition) is 0. The van der Waals surface area contributed by atoms with E-state index in [1.165, 1.54) is 6.07 Å². The van der Waals surface area contributed by atoms with Gasteiger partial charge in [-0.15, -0.1) is 33.2 Å². The molecule has 0 radical (unpaired) electrons. The summed E-state index contributed by atoms with van der Waals surface area (Å²) in [6, 6.07) is 4.35. The van der Waals surface area contributed by atoms with Crippen LogP contribution in [0.15, 0.2) is 24.3 Å². The Labute approximate surface area is 98.1 Å². The van der Waals surface area contributed by atoms with Gasteiger partial charge in [-0.3, -0.25) is 0 Å². The molecule has 0 aliphatic carbocycles. The second-order valence-electron chi connectivity index (χ2n) is 3.24. The van der Waals surface area contributed by atoms with Crippen molar-refractivity contribution in [3.63, 3.8) is 0 Å². The lowest BCUT2D eigenvalue weighted by Crippen LogP contribution is -2.13. The molecular formula is C9H10Cl3FSi. The predicted octanol–water partition coefficient (Wildman–Crippen LogP) is 4.58. The number of rotatable bonds is 3. The minimum absolute atomic E-state index is 0.0460. The number of hydrogen-bond donors (Lipinski definition) is 0. The van der Waals surface area contributed by atoms with Crippen molar-refractivity contribution in [3.05, 3.63) is 35.6 Å². The Balaban J connectivity index is 2.80. The van der Waals surface area contributed by atoms with Crippen molar-refractivity contribution in [3.8, 4) is 0 Å². The fourth-order valence-corrected chi connectivity index (χ4v) is 4.33. The van der Waals surface area contributed by atoms with Crippen LogP contribution in [0.4, 0.5) is 4.39 Å². The minimum atomic E-state index is -2.68. The van der Waals surface area contributed by atoms with Crippen LogP contribution >= 0.6 is 33.2 Å². The van der Waals surface area contributed by atoms with Crippen molar-refractivity contribution in [2.45, 2.75) is 18.9 Å². The molecule has 0 aromatic heterocycles. The summed E-state index contributed by atoms with van der Waals surface area (Å²) in [5, 5.41) is 0. The molecule has 1 unspecified atom stereocenters. The monoisotopic (exact) mass is 270 g/mol. The van der Waals surface area contributed by atoms with E-state index in [1.807, 2.05) is 6.92 Å². The van der Waals surface area contributed by atoms with Gasteiger partial charge in [0.05, 0.1) is 0 Å². The van der Waals surface area contributed by atoms with Gasteiger partial charge < -0.3 is 0 Å². The lowest BCUT2D eigenvalue weighted by atomic mass is 10.0. The van der Waals surface area contributed by atoms with Crippen molar-refractivity contribution in [2.24, 2.45) is 0 Å². The van der Waals surface area contributed by atoms with E-state index in [0.717, 1.165) is 0 Å². The van der Waals surface area contributed by atoms with Gasteiger partial charge in [0.15, 0.2) is 0 Å². The predicted molar refractivity (Wildman–Crippen MR) is 62.9 cm³/mol. The summed E-state index contributed by atoms with van der Waals surface area (Å²) in [6.45, 7) is 1.87. The Morgan fingerprint density at radius 3 is 2.36 bits per heavy atom. The Kier molecular flexibility index (Phi) is 4.25. The zero-order chi connectivity index (χ0) is 10.8. The van der Waals surface area contributed by atoms with E-state index in [2.05, 4.69) is 0 Å². The molecule has 0 spiro atoms. The van der Waals surface area contributed by atoms with E-state index in [1.54, 1.807) is 18.2 Å². The minimum Gasteiger partial charge on any atom is -0.207 e. The maximum atomic E-state index is 13.3. The molecule has 0 heterocycles. The molecule has 1 rings (SSSR count). The summed E-state index contributed by atoms with van der Waals surface area (Å²) in [4.78, 5) is 0. The highest BCUT2D eigenvalue weighted by Gasteiger charge is 2.29. The zero-order valence-electron chi connectivity index (χ0n) is 7.61. The second kappa shape index (κ2) is 4.84. The molecule has 1 aromatic carbocycles. The van der Waals surface area contributed by atoms with E-state index < -0.39 is 6.00 Å². The van der Waals surface area contributed by atoms with Crippen molar-refractivity contribution in [1.82, 2.24) is 0 Å². The molecule has 1 atom stereocenters. The fourth-order valence-electron chi connectivity index (χ4n) is 1.33. The highest BCUT2D eigenvalue weighted by atomic mass is 35.8. The molecule has 0 bridgehead atoms. The number of halogens is 4. The Morgan fingerprint density at radius 1 is 1.29 bits per heavy atom. The smallest absolute Gasteiger partial charge is 0.207 e. The van der Waals surface area contributed by atoms with Crippen LogP contribution in [0.25, 0.3) is 0 Å². The molecule has 0 N–H and O–H groups in total. The first-order chi connectivity index (χ1) is 6.40. The average molecular weight is 272 g/mol. The van der Waals surface area contributed by atoms with Gasteiger partial charge in [0.2, 0.25) is 0 Å². The molecule has 0 saturated carbocycles. The van der Waals surface area contributed by atoms with Crippen LogP contribution in [0.3, 0.4) is 0 Å². The largest absolute Gasteiger partial charge is 0.342 e. The lowest BCUT2D eigenvalue weighted by molar-refractivity contribution is 0.598. The zero-order valence-corrected chi connectivity index (χ0v) is 10.9. The highest BCUT2D eigenvalue weighted by molar-refractivity contribution is 7.64. The molecule has 0 nitrogen and oxygen atoms in total. The van der Waals surface area contributed by atoms with Crippen LogP contribution in [0.1, 0.15) is 18.4 Å². The molecule has 0 amide bonds. The van der Waals surface area contributed by atoms with Gasteiger partial charge in [0.25, 0.3) is 0 Å². The first-order valence-electron chi connectivity index (χ1n) is 4.21. The molecule has 78 valence electrons. The highest BCUT2D eigenvalue weighted by Crippen LogP contribution is 2.34. The third-order valence-corrected chi connectivity index (χ3v) is 4.44. The lowest BCUT2D eigenvalue weighted by Gasteiger charge is -2.15. The second-order valence-corrected chi connectivity index (χ2v) is 12.4. The van der Waals surface area contributed by atoms with Gasteiger partial charge in [-0.05, 0) is 23.6 Å². The van der Waals surface area contributed by atoms with Crippen LogP contribution in [0.2, 0.25) is 6.04 Å². The molecule has 1 aromatic rings. The van der Waals surface area contributed by atoms with Crippen molar-refractivity contribution in [1.29, 1.82) is 0 Å². The van der Waals surface area contributed by atoms with Crippen LogP contribution < -0.4 is 0 Å². The summed E-state index contributed by atoms with van der Waals surface area (Å²) in [5.41, 5.74) is 0.617. The summed E-state index contributed by atoms with van der Waals surface area (Å²) in [5.74, 6) is -0.279. The third kappa shape index (κ3) is 3.77. The van der Waals surface area contributed by atoms with E-state index in [-0.39, 0.29) is 11.7 Å². The molecule has 5 heteroatoms. The average Bonchev–Trinajstić information content (AvgIpc) is 2.01. The third-order valence-electron chi connectivity index (χ3n) is 1.97. The van der Waals surface area contributed by atoms with Gasteiger partial charge in [-0.1, -0.05) is 25.1 Å². The quantitative estimate of drug-likeness (QED) is 0.557. The van der Waals surface area contributed by atoms with Gasteiger partial charge in [0.1, 0.15) is 5.82 Å². The summed E-state index contributed by atoms with van der Waals surface area (Å²) in [6.07, 6.45) is 0. The van der Waals surface area contributed by atoms with Gasteiger partial charge in [0, 0.05) is 0 Å². The fraction of sp³-hybridized carbons (Fsp3) is 0.333. The molecule has 14 heavy (non-hydrogen) atoms. The van der Waals surface area contributed by atoms with Crippen molar-refractivity contribution < 1.29 is 4.39 Å². The molecule has 0 fully saturated rings. The standard InChI is InChI=1S/C9H10Cl3FSi/c1-7(6-14(10,11)12)8-4-2-3-5-9(8)13/h2-5,7H,6H2,1H3. The summed E-state index contributed by atoms with van der Waals surface area (Å²) in [7, 11) is 0. The molecule has 0 aliphatic heterocycles. The van der Waals surface area contributed by atoms with Gasteiger partial charge >= 0.3 is 6.00 Å². The molecule has 0 saturated heterocycles. The van der Waals surface area contributed by atoms with E-state index in [9.17, 15) is 4.39 Å². The Hall–Kier alpha value is 0.237. The topological polar surface area (TPSA) is 0 Å². The number of benzene rings is 1. The first-order valence-corrected chi connectivity index (χ1v) is 9.45. The normalized spacial score (nSPS) is 14.1. The van der Waals surface area contributed by atoms with Gasteiger partial charge in [-0.2, -0.15) is 0 Å². The summed E-state index contributed by atoms with van der Waals surface area (Å²) < 4.78 is 13.3. The van der Waals surface area contributed by atoms with Crippen molar-refractivity contribution >= 4 is 39.2 Å². The Morgan fingerprint density at radius 2 is 1.86 bits per heavy atom. The van der Waals surface area contributed by atoms with Crippen LogP contribution in [0.5, 0.6) is 0 Å². The summed E-state index contributed by atoms with van der Waals surface area (Å²) >= 11 is 17.3. The SMILES string of the molecule is CC(C[Si](Cl)(Cl)Cl)c1ccccc1F.